The molecular formula is C12H8Cl2O. The van der Waals surface area contributed by atoms with Crippen LogP contribution in [-0.4, -0.2) is 12.2 Å². The molecule has 1 nitrogen and oxygen atoms in total. The molecule has 0 aromatic heterocycles. The van der Waals surface area contributed by atoms with Crippen molar-refractivity contribution in [2.75, 3.05) is 0 Å². The van der Waals surface area contributed by atoms with Crippen molar-refractivity contribution in [2.45, 2.75) is 12.2 Å². The molecule has 2 atom stereocenters. The molecule has 2 unspecified atom stereocenters. The molecule has 0 amide bonds. The zero-order valence-corrected chi connectivity index (χ0v) is 9.29. The number of allylic oxidation sites excluding steroid dienone is 2. The monoisotopic (exact) mass is 238 g/mol. The first kappa shape index (κ1) is 9.46. The quantitative estimate of drug-likeness (QED) is 0.680. The largest absolute Gasteiger partial charge is 0.361 e. The van der Waals surface area contributed by atoms with Crippen LogP contribution in [0.25, 0.3) is 5.57 Å². The van der Waals surface area contributed by atoms with Gasteiger partial charge in [-0.2, -0.15) is 0 Å². The van der Waals surface area contributed by atoms with Crippen molar-refractivity contribution >= 4 is 28.8 Å². The lowest BCUT2D eigenvalue weighted by molar-refractivity contribution is 0.414. The normalized spacial score (nSPS) is 27.2. The number of fused-ring (bicyclic) bond motifs is 1. The van der Waals surface area contributed by atoms with Crippen LogP contribution >= 0.6 is 23.2 Å². The minimum atomic E-state index is 0.236. The zero-order chi connectivity index (χ0) is 10.4. The first-order valence-corrected chi connectivity index (χ1v) is 5.50. The van der Waals surface area contributed by atoms with Gasteiger partial charge in [0, 0.05) is 15.6 Å². The highest BCUT2D eigenvalue weighted by atomic mass is 35.5. The Labute approximate surface area is 98.0 Å². The Balaban J connectivity index is 2.05. The summed E-state index contributed by atoms with van der Waals surface area (Å²) >= 11 is 12.1. The highest BCUT2D eigenvalue weighted by Crippen LogP contribution is 2.36. The second kappa shape index (κ2) is 3.38. The third kappa shape index (κ3) is 1.71. The minimum Gasteiger partial charge on any atom is -0.361 e. The van der Waals surface area contributed by atoms with Crippen LogP contribution in [0.2, 0.25) is 10.0 Å². The molecule has 0 spiro atoms. The van der Waals surface area contributed by atoms with Gasteiger partial charge in [-0.1, -0.05) is 35.4 Å². The van der Waals surface area contributed by atoms with Gasteiger partial charge in [-0.15, -0.1) is 0 Å². The van der Waals surface area contributed by atoms with Crippen molar-refractivity contribution in [1.29, 1.82) is 0 Å². The van der Waals surface area contributed by atoms with Crippen molar-refractivity contribution < 1.29 is 4.74 Å². The van der Waals surface area contributed by atoms with Gasteiger partial charge in [-0.05, 0) is 29.8 Å². The Morgan fingerprint density at radius 2 is 2.00 bits per heavy atom. The fraction of sp³-hybridized carbons (Fsp3) is 0.167. The van der Waals surface area contributed by atoms with Gasteiger partial charge in [0.2, 0.25) is 0 Å². The molecule has 1 aromatic carbocycles. The van der Waals surface area contributed by atoms with Crippen LogP contribution in [0.5, 0.6) is 0 Å². The summed E-state index contributed by atoms with van der Waals surface area (Å²) in [5.41, 5.74) is 2.05. The van der Waals surface area contributed by atoms with Crippen LogP contribution in [0.15, 0.2) is 36.4 Å². The summed E-state index contributed by atoms with van der Waals surface area (Å²) in [5, 5.41) is 1.41. The first-order valence-electron chi connectivity index (χ1n) is 4.75. The van der Waals surface area contributed by atoms with E-state index in [4.69, 9.17) is 27.9 Å². The second-order valence-corrected chi connectivity index (χ2v) is 4.51. The summed E-state index contributed by atoms with van der Waals surface area (Å²) in [4.78, 5) is 0. The molecule has 2 aliphatic rings. The minimum absolute atomic E-state index is 0.236. The van der Waals surface area contributed by atoms with E-state index in [9.17, 15) is 0 Å². The second-order valence-electron chi connectivity index (χ2n) is 3.67. The summed E-state index contributed by atoms with van der Waals surface area (Å²) in [7, 11) is 0. The van der Waals surface area contributed by atoms with Gasteiger partial charge in [0.1, 0.15) is 12.2 Å². The molecular weight excluding hydrogens is 231 g/mol. The number of ether oxygens (including phenoxy) is 1. The van der Waals surface area contributed by atoms with Crippen molar-refractivity contribution in [2.24, 2.45) is 0 Å². The fourth-order valence-corrected chi connectivity index (χ4v) is 2.15. The summed E-state index contributed by atoms with van der Waals surface area (Å²) < 4.78 is 5.36. The van der Waals surface area contributed by atoms with Crippen molar-refractivity contribution in [3.8, 4) is 0 Å². The molecule has 0 bridgehead atoms. The van der Waals surface area contributed by atoms with Crippen molar-refractivity contribution in [1.82, 2.24) is 0 Å². The van der Waals surface area contributed by atoms with Crippen LogP contribution < -0.4 is 0 Å². The van der Waals surface area contributed by atoms with Crippen LogP contribution in [-0.2, 0) is 4.74 Å². The van der Waals surface area contributed by atoms with E-state index in [0.717, 1.165) is 16.2 Å². The van der Waals surface area contributed by atoms with E-state index in [0.29, 0.717) is 5.02 Å². The molecule has 1 saturated heterocycles. The van der Waals surface area contributed by atoms with E-state index < -0.39 is 0 Å². The average molecular weight is 239 g/mol. The Kier molecular flexibility index (Phi) is 2.13. The van der Waals surface area contributed by atoms with Gasteiger partial charge in [-0.3, -0.25) is 0 Å². The van der Waals surface area contributed by atoms with E-state index in [2.05, 4.69) is 12.2 Å². The standard InChI is InChI=1S/C12H8Cl2O/c13-8-2-3-10(14)9(6-8)7-1-4-11-12(5-7)15-11/h1-6,11-12H. The fourth-order valence-electron chi connectivity index (χ4n) is 1.75. The number of benzene rings is 1. The molecule has 1 aromatic rings. The van der Waals surface area contributed by atoms with Crippen LogP contribution in [0.1, 0.15) is 5.56 Å². The Morgan fingerprint density at radius 1 is 1.13 bits per heavy atom. The molecule has 76 valence electrons. The lowest BCUT2D eigenvalue weighted by Crippen LogP contribution is -1.95. The predicted molar refractivity (Wildman–Crippen MR) is 62.2 cm³/mol. The third-order valence-electron chi connectivity index (χ3n) is 2.61. The summed E-state index contributed by atoms with van der Waals surface area (Å²) in [5.74, 6) is 0. The topological polar surface area (TPSA) is 12.5 Å². The van der Waals surface area contributed by atoms with E-state index in [1.165, 1.54) is 0 Å². The van der Waals surface area contributed by atoms with E-state index in [-0.39, 0.29) is 12.2 Å². The van der Waals surface area contributed by atoms with Crippen LogP contribution in [0, 0.1) is 0 Å². The highest BCUT2D eigenvalue weighted by molar-refractivity contribution is 6.34. The molecule has 1 heterocycles. The molecule has 3 heteroatoms. The summed E-state index contributed by atoms with van der Waals surface area (Å²) in [6.45, 7) is 0. The highest BCUT2D eigenvalue weighted by Gasteiger charge is 2.37. The molecule has 1 aliphatic heterocycles. The molecule has 1 aliphatic carbocycles. The van der Waals surface area contributed by atoms with E-state index in [1.54, 1.807) is 6.07 Å². The van der Waals surface area contributed by atoms with Gasteiger partial charge in [0.05, 0.1) is 0 Å². The number of hydrogen-bond acceptors (Lipinski definition) is 1. The zero-order valence-electron chi connectivity index (χ0n) is 7.78. The summed E-state index contributed by atoms with van der Waals surface area (Å²) in [6, 6.07) is 5.48. The van der Waals surface area contributed by atoms with Crippen molar-refractivity contribution in [3.63, 3.8) is 0 Å². The van der Waals surface area contributed by atoms with Gasteiger partial charge < -0.3 is 4.74 Å². The SMILES string of the molecule is Clc1ccc(Cl)c(C2=CC3OC3C=C2)c1. The first-order chi connectivity index (χ1) is 7.24. The molecule has 1 fully saturated rings. The Hall–Kier alpha value is -0.760. The molecule has 0 saturated carbocycles. The lowest BCUT2D eigenvalue weighted by atomic mass is 10.00. The number of hydrogen-bond donors (Lipinski definition) is 0. The smallest absolute Gasteiger partial charge is 0.107 e. The van der Waals surface area contributed by atoms with Gasteiger partial charge in [-0.25, -0.2) is 0 Å². The molecule has 0 N–H and O–H groups in total. The average Bonchev–Trinajstić information content (AvgIpc) is 2.99. The maximum absolute atomic E-state index is 6.12. The van der Waals surface area contributed by atoms with E-state index in [1.807, 2.05) is 18.2 Å². The molecule has 3 rings (SSSR count). The predicted octanol–water partition coefficient (Wildman–Crippen LogP) is 3.71. The number of halogens is 2. The van der Waals surface area contributed by atoms with Crippen molar-refractivity contribution in [3.05, 3.63) is 52.0 Å². The van der Waals surface area contributed by atoms with Gasteiger partial charge in [0.15, 0.2) is 0 Å². The van der Waals surface area contributed by atoms with Crippen LogP contribution in [0.4, 0.5) is 0 Å². The Morgan fingerprint density at radius 3 is 2.80 bits per heavy atom. The van der Waals surface area contributed by atoms with Crippen LogP contribution in [0.3, 0.4) is 0 Å². The number of rotatable bonds is 1. The molecule has 15 heavy (non-hydrogen) atoms. The van der Waals surface area contributed by atoms with E-state index >= 15 is 0 Å². The maximum atomic E-state index is 6.12. The maximum Gasteiger partial charge on any atom is 0.107 e. The summed E-state index contributed by atoms with van der Waals surface area (Å²) in [6.07, 6.45) is 6.69. The third-order valence-corrected chi connectivity index (χ3v) is 3.17. The van der Waals surface area contributed by atoms with Gasteiger partial charge >= 0.3 is 0 Å². The van der Waals surface area contributed by atoms with Gasteiger partial charge in [0.25, 0.3) is 0 Å². The Bertz CT molecular complexity index is 477. The lowest BCUT2D eigenvalue weighted by Gasteiger charge is -2.07. The number of epoxide rings is 1. The molecule has 0 radical (unpaired) electrons.